The Morgan fingerprint density at radius 1 is 0.489 bits per heavy atom. The number of sulfonamides is 1. The molecule has 5 aliphatic rings. The van der Waals surface area contributed by atoms with Crippen LogP contribution in [0.2, 0.25) is 0 Å². The van der Waals surface area contributed by atoms with Gasteiger partial charge in [-0.05, 0) is 232 Å². The molecule has 4 aliphatic carbocycles. The minimum Gasteiger partial charge on any atom is -0.497 e. The highest BCUT2D eigenvalue weighted by molar-refractivity contribution is 7.89. The highest BCUT2D eigenvalue weighted by Crippen LogP contribution is 2.62. The van der Waals surface area contributed by atoms with E-state index in [-0.39, 0.29) is 64.2 Å². The van der Waals surface area contributed by atoms with Crippen molar-refractivity contribution in [2.45, 2.75) is 160 Å². The molecule has 11 aromatic rings. The number of carbonyl (C=O) groups is 9. The van der Waals surface area contributed by atoms with Gasteiger partial charge in [0.15, 0.2) is 5.58 Å². The third-order valence-corrected chi connectivity index (χ3v) is 26.1. The van der Waals surface area contributed by atoms with Gasteiger partial charge in [0.25, 0.3) is 47.3 Å². The number of furan rings is 1. The smallest absolute Gasteiger partial charge is 0.274 e. The third kappa shape index (κ3) is 25.5. The number of Topliss-reactive ketones (excluding diaryl/α,β-unsaturated/α-hetero) is 1. The van der Waals surface area contributed by atoms with Gasteiger partial charge in [0.05, 0.1) is 46.8 Å². The van der Waals surface area contributed by atoms with E-state index in [1.165, 1.54) is 18.6 Å². The predicted molar refractivity (Wildman–Crippen MR) is 498 cm³/mol. The number of para-hydroxylation sites is 1. The second-order valence-electron chi connectivity index (χ2n) is 34.6. The lowest BCUT2D eigenvalue weighted by molar-refractivity contribution is -0.177. The molecule has 0 spiro atoms. The molecular formula is C102H114N10O20S. The third-order valence-electron chi connectivity index (χ3n) is 24.6. The number of ether oxygens (including phenoxy) is 2. The van der Waals surface area contributed by atoms with Crippen LogP contribution in [0, 0.1) is 23.2 Å². The number of nitrogens with one attached hydrogen (secondary N) is 9. The molecule has 30 nitrogen and oxygen atoms in total. The number of carbonyl (C=O) groups excluding carboxylic acids is 9. The zero-order valence-corrected chi connectivity index (χ0v) is 76.4. The second-order valence-corrected chi connectivity index (χ2v) is 36.3. The molecule has 4 saturated carbocycles. The summed E-state index contributed by atoms with van der Waals surface area (Å²) in [6.45, 7) is 16.0. The average Bonchev–Trinajstić information content (AvgIpc) is 1.14. The minimum atomic E-state index is -3.65. The second kappa shape index (κ2) is 45.4. The number of rotatable bonds is 28. The molecule has 31 heteroatoms. The van der Waals surface area contributed by atoms with Gasteiger partial charge in [-0.2, -0.15) is 0 Å². The number of hydroxylamine groups is 5. The van der Waals surface area contributed by atoms with Crippen LogP contribution in [-0.2, 0) is 26.7 Å². The molecule has 5 unspecified atom stereocenters. The van der Waals surface area contributed by atoms with E-state index in [1.807, 2.05) is 137 Å². The van der Waals surface area contributed by atoms with Gasteiger partial charge in [-0.15, -0.1) is 0 Å². The minimum absolute atomic E-state index is 0.0846. The fourth-order valence-electron chi connectivity index (χ4n) is 17.6. The summed E-state index contributed by atoms with van der Waals surface area (Å²) in [5, 5.41) is 63.3. The van der Waals surface area contributed by atoms with Gasteiger partial charge in [0.2, 0.25) is 10.0 Å². The van der Waals surface area contributed by atoms with E-state index < -0.39 is 51.2 Å². The Kier molecular flexibility index (Phi) is 34.1. The average molecular weight is 1830 g/mol. The number of benzene rings is 9. The fraction of sp³-hybridized carbons (Fsp3) is 0.304. The zero-order valence-electron chi connectivity index (χ0n) is 75.6. The van der Waals surface area contributed by atoms with E-state index in [2.05, 4.69) is 34.5 Å². The number of hydrogen-bond donors (Lipinski definition) is 15. The van der Waals surface area contributed by atoms with Crippen molar-refractivity contribution in [2.75, 3.05) is 13.7 Å². The van der Waals surface area contributed by atoms with Crippen LogP contribution >= 0.6 is 0 Å². The summed E-state index contributed by atoms with van der Waals surface area (Å²) in [6, 6.07) is 67.1. The Labute approximate surface area is 771 Å². The van der Waals surface area contributed by atoms with Gasteiger partial charge in [-0.3, -0.25) is 69.2 Å². The van der Waals surface area contributed by atoms with Gasteiger partial charge >= 0.3 is 0 Å². The number of aliphatic hydroxyl groups is 1. The molecule has 1 aliphatic heterocycles. The highest BCUT2D eigenvalue weighted by Gasteiger charge is 2.60. The SMILES string of the molecule is CC(C)[C@@H](CC(=O)C12CC3CC(CC(O)(C3)C1)C2)c1ccc(C(=O)NO)cc1.CC(C)c1ccc(S(=O)(=O)NC(C)c2ccc(C(=O)NO)cc2)cc1.CC(NC(=O)C1=Cc2ccccc2OC1)c1ccc(C(=O)NO)cc1.CCC[C@@H](NC(=O)c1cc2oc(-c3ccccc3)cc2n1C)c1ccc(C(=O)NO)cc1.COc1cccc(C(=O)NC(C)c2ccc(C(=O)NO)cc2)c1. The van der Waals surface area contributed by atoms with Crippen molar-refractivity contribution in [1.82, 2.24) is 52.6 Å². The van der Waals surface area contributed by atoms with Gasteiger partial charge in [-0.1, -0.05) is 168 Å². The van der Waals surface area contributed by atoms with E-state index in [0.717, 1.165) is 94.5 Å². The molecule has 0 radical (unpaired) electrons. The summed E-state index contributed by atoms with van der Waals surface area (Å²) in [5.41, 5.74) is 19.1. The number of methoxy groups -OCH3 is 1. The van der Waals surface area contributed by atoms with Crippen LogP contribution in [0.3, 0.4) is 0 Å². The maximum atomic E-state index is 13.5. The van der Waals surface area contributed by atoms with Crippen molar-refractivity contribution in [3.63, 3.8) is 0 Å². The number of hydrogen-bond acceptors (Lipinski definition) is 20. The Morgan fingerprint density at radius 3 is 1.42 bits per heavy atom. The van der Waals surface area contributed by atoms with Crippen LogP contribution in [0.25, 0.3) is 28.5 Å². The summed E-state index contributed by atoms with van der Waals surface area (Å²) in [4.78, 5) is 109. The first kappa shape index (κ1) is 99.8. The first-order valence-corrected chi connectivity index (χ1v) is 45.3. The summed E-state index contributed by atoms with van der Waals surface area (Å²) in [6.07, 6.45) is 9.41. The standard InChI is InChI=1S/C25H25N3O4.C23H31NO4.C19H18N2O4.C18H22N2O4S.C17H18N2O4/c1-3-7-19(16-10-12-18(13-11-16)24(29)27-31)26-25(30)21-15-23-20(28(21)2)14-22(32-23)17-8-5-4-6-9-17;1-14(2)19(17-3-5-18(6-4-17)21(26)24-28)8-20(25)22-9-15-7-16(10-22)12-23(27,11-15)13-22;1-12(13-6-8-14(9-7-13)19(23)21-24)20-18(22)16-10-15-4-2-3-5-17(15)25-11-16;1-12(2)14-8-10-17(11-9-14)25(23,24)20-13(3)15-4-6-16(7-5-15)18(21)19-22;1-11(12-6-8-13(9-7-12)17(21)19-22)18-16(20)14-4-3-5-15(10-14)23-2/h4-6,8-15,19,31H,3,7H2,1-2H3,(H,26,30)(H,27,29);3-6,14-16,19,27-28H,7-13H2,1-2H3,(H,24,26);2-10,12,24H,11H2,1H3,(H,20,22)(H,21,23);4-13,20,22H,1-3H3,(H,19,21);3-11,22H,1-2H3,(H,18,20)(H,19,21)/t19-;15?,16?,19-,22?,23?;;;/m11.../s1. The van der Waals surface area contributed by atoms with Crippen LogP contribution in [0.4, 0.5) is 0 Å². The summed E-state index contributed by atoms with van der Waals surface area (Å²) in [7, 11) is -0.259. The van der Waals surface area contributed by atoms with Crippen LogP contribution in [-0.4, -0.2) is 116 Å². The van der Waals surface area contributed by atoms with Crippen LogP contribution in [0.15, 0.2) is 251 Å². The molecule has 9 aromatic carbocycles. The van der Waals surface area contributed by atoms with E-state index in [1.54, 1.807) is 181 Å². The van der Waals surface area contributed by atoms with E-state index in [0.29, 0.717) is 98.3 Å². The molecule has 15 N–H and O–H groups in total. The fourth-order valence-corrected chi connectivity index (χ4v) is 18.8. The first-order valence-electron chi connectivity index (χ1n) is 43.9. The maximum Gasteiger partial charge on any atom is 0.274 e. The van der Waals surface area contributed by atoms with Gasteiger partial charge in [0.1, 0.15) is 35.3 Å². The highest BCUT2D eigenvalue weighted by atomic mass is 32.2. The number of aromatic nitrogens is 1. The van der Waals surface area contributed by atoms with Crippen molar-refractivity contribution in [1.29, 1.82) is 0 Å². The first-order chi connectivity index (χ1) is 63.6. The van der Waals surface area contributed by atoms with Crippen molar-refractivity contribution in [3.8, 4) is 22.8 Å². The monoisotopic (exact) mass is 1830 g/mol. The largest absolute Gasteiger partial charge is 0.497 e. The number of amides is 8. The number of fused-ring (bicyclic) bond motifs is 2. The van der Waals surface area contributed by atoms with E-state index in [9.17, 15) is 56.7 Å². The molecule has 7 atom stereocenters. The summed E-state index contributed by atoms with van der Waals surface area (Å²) in [5.74, 6) is 0.676. The zero-order chi connectivity index (χ0) is 96.0. The number of nitrogens with zero attached hydrogens (tertiary/aromatic N) is 1. The predicted octanol–water partition coefficient (Wildman–Crippen LogP) is 16.4. The Balaban J connectivity index is 0.000000161. The molecule has 698 valence electrons. The lowest BCUT2D eigenvalue weighted by atomic mass is 9.46. The molecule has 2 aromatic heterocycles. The number of aryl methyl sites for hydroxylation is 1. The summed E-state index contributed by atoms with van der Waals surface area (Å²) >= 11 is 0. The van der Waals surface area contributed by atoms with Crippen LogP contribution < -0.4 is 57.5 Å². The maximum absolute atomic E-state index is 13.5. The molecule has 4 fully saturated rings. The lowest BCUT2D eigenvalue weighted by Crippen LogP contribution is -2.58. The van der Waals surface area contributed by atoms with Gasteiger partial charge in [-0.25, -0.2) is 40.5 Å². The lowest BCUT2D eigenvalue weighted by Gasteiger charge is -2.59. The quantitative estimate of drug-likeness (QED) is 0.0160. The van der Waals surface area contributed by atoms with E-state index in [4.69, 9.17) is 39.9 Å². The number of ketones is 1. The van der Waals surface area contributed by atoms with Crippen molar-refractivity contribution in [3.05, 3.63) is 320 Å². The van der Waals surface area contributed by atoms with Crippen molar-refractivity contribution < 1.29 is 96.6 Å². The van der Waals surface area contributed by atoms with Crippen molar-refractivity contribution >= 4 is 80.2 Å². The Bertz CT molecular complexity index is 6050. The molecular weight excluding hydrogens is 1720 g/mol. The van der Waals surface area contributed by atoms with E-state index >= 15 is 0 Å². The van der Waals surface area contributed by atoms with Crippen molar-refractivity contribution in [2.24, 2.45) is 30.2 Å². The summed E-state index contributed by atoms with van der Waals surface area (Å²) < 4.78 is 46.2. The Hall–Kier alpha value is -13.8. The molecule has 133 heavy (non-hydrogen) atoms. The van der Waals surface area contributed by atoms with Crippen LogP contribution in [0.1, 0.15) is 261 Å². The van der Waals surface area contributed by atoms with Gasteiger partial charge in [0, 0.05) is 81.6 Å². The topological polar surface area (TPSA) is 454 Å². The molecule has 0 saturated heterocycles. The Morgan fingerprint density at radius 2 is 0.955 bits per heavy atom. The van der Waals surface area contributed by atoms with Crippen LogP contribution in [0.5, 0.6) is 11.5 Å². The molecule has 3 heterocycles. The molecule has 8 amide bonds. The van der Waals surface area contributed by atoms with Gasteiger partial charge < -0.3 is 39.5 Å². The normalized spacial score (nSPS) is 17.1. The molecule has 16 rings (SSSR count). The molecule has 4 bridgehead atoms.